The SMILES string of the molecule is COCc1ccc(-c2ccc(C#Cc3ccc4cc(F)ccc4c3)c(F)c2)nc1. The van der Waals surface area contributed by atoms with Crippen LogP contribution in [-0.2, 0) is 11.3 Å². The van der Waals surface area contributed by atoms with Gasteiger partial charge in [0.1, 0.15) is 11.6 Å². The smallest absolute Gasteiger partial charge is 0.139 e. The summed E-state index contributed by atoms with van der Waals surface area (Å²) < 4.78 is 32.9. The minimum absolute atomic E-state index is 0.277. The van der Waals surface area contributed by atoms with Gasteiger partial charge in [0.05, 0.1) is 17.9 Å². The molecule has 1 aromatic heterocycles. The number of hydrogen-bond donors (Lipinski definition) is 0. The lowest BCUT2D eigenvalue weighted by atomic mass is 10.1. The molecule has 0 atom stereocenters. The van der Waals surface area contributed by atoms with Crippen LogP contribution in [0, 0.1) is 23.5 Å². The summed E-state index contributed by atoms with van der Waals surface area (Å²) in [6.07, 6.45) is 1.72. The van der Waals surface area contributed by atoms with Crippen molar-refractivity contribution >= 4 is 10.8 Å². The molecule has 1 heterocycles. The lowest BCUT2D eigenvalue weighted by molar-refractivity contribution is 0.184. The van der Waals surface area contributed by atoms with Crippen molar-refractivity contribution in [2.45, 2.75) is 6.61 Å². The average molecular weight is 385 g/mol. The van der Waals surface area contributed by atoms with Gasteiger partial charge in [0.2, 0.25) is 0 Å². The number of hydrogen-bond acceptors (Lipinski definition) is 2. The van der Waals surface area contributed by atoms with Gasteiger partial charge < -0.3 is 4.74 Å². The van der Waals surface area contributed by atoms with Crippen molar-refractivity contribution in [2.24, 2.45) is 0 Å². The summed E-state index contributed by atoms with van der Waals surface area (Å²) in [6, 6.07) is 18.7. The lowest BCUT2D eigenvalue weighted by Crippen LogP contribution is -1.91. The predicted molar refractivity (Wildman–Crippen MR) is 110 cm³/mol. The molecular weight excluding hydrogens is 368 g/mol. The summed E-state index contributed by atoms with van der Waals surface area (Å²) in [5.41, 5.74) is 3.37. The number of methoxy groups -OCH3 is 1. The summed E-state index contributed by atoms with van der Waals surface area (Å²) in [6.45, 7) is 0.486. The molecule has 4 aromatic rings. The van der Waals surface area contributed by atoms with E-state index in [9.17, 15) is 8.78 Å². The molecule has 0 saturated carbocycles. The van der Waals surface area contributed by atoms with Crippen molar-refractivity contribution < 1.29 is 13.5 Å². The second-order valence-electron chi connectivity index (χ2n) is 6.64. The van der Waals surface area contributed by atoms with Gasteiger partial charge in [0, 0.05) is 24.4 Å². The van der Waals surface area contributed by atoms with Crippen molar-refractivity contribution in [2.75, 3.05) is 7.11 Å². The lowest BCUT2D eigenvalue weighted by Gasteiger charge is -2.04. The molecule has 3 aromatic carbocycles. The number of benzene rings is 3. The number of ether oxygens (including phenoxy) is 1. The van der Waals surface area contributed by atoms with Crippen LogP contribution in [-0.4, -0.2) is 12.1 Å². The summed E-state index contributed by atoms with van der Waals surface area (Å²) in [5, 5.41) is 1.69. The van der Waals surface area contributed by atoms with E-state index in [0.29, 0.717) is 23.4 Å². The first-order valence-corrected chi connectivity index (χ1v) is 9.07. The molecule has 2 nitrogen and oxygen atoms in total. The van der Waals surface area contributed by atoms with Gasteiger partial charge in [0.15, 0.2) is 0 Å². The van der Waals surface area contributed by atoms with Crippen molar-refractivity contribution in [1.29, 1.82) is 0 Å². The van der Waals surface area contributed by atoms with Crippen LogP contribution in [0.5, 0.6) is 0 Å². The first kappa shape index (κ1) is 18.8. The van der Waals surface area contributed by atoms with Gasteiger partial charge in [-0.05, 0) is 58.8 Å². The van der Waals surface area contributed by atoms with Crippen molar-refractivity contribution in [3.05, 3.63) is 101 Å². The Morgan fingerprint density at radius 2 is 1.69 bits per heavy atom. The van der Waals surface area contributed by atoms with E-state index < -0.39 is 5.82 Å². The van der Waals surface area contributed by atoms with E-state index in [2.05, 4.69) is 16.8 Å². The van der Waals surface area contributed by atoms with Crippen LogP contribution >= 0.6 is 0 Å². The fraction of sp³-hybridized carbons (Fsp3) is 0.0800. The van der Waals surface area contributed by atoms with Gasteiger partial charge in [-0.3, -0.25) is 4.98 Å². The molecule has 0 fully saturated rings. The first-order chi connectivity index (χ1) is 14.1. The van der Waals surface area contributed by atoms with Crippen LogP contribution in [0.3, 0.4) is 0 Å². The van der Waals surface area contributed by atoms with E-state index in [-0.39, 0.29) is 5.82 Å². The molecule has 0 amide bonds. The fourth-order valence-electron chi connectivity index (χ4n) is 3.06. The van der Waals surface area contributed by atoms with E-state index >= 15 is 0 Å². The van der Waals surface area contributed by atoms with Crippen LogP contribution in [0.1, 0.15) is 16.7 Å². The van der Waals surface area contributed by atoms with Crippen LogP contribution in [0.4, 0.5) is 8.78 Å². The molecule has 0 spiro atoms. The largest absolute Gasteiger partial charge is 0.380 e. The molecule has 0 aliphatic carbocycles. The zero-order chi connectivity index (χ0) is 20.2. The third kappa shape index (κ3) is 4.31. The predicted octanol–water partition coefficient (Wildman–Crippen LogP) is 5.73. The number of pyridine rings is 1. The third-order valence-corrected chi connectivity index (χ3v) is 4.54. The van der Waals surface area contributed by atoms with Crippen molar-refractivity contribution in [3.63, 3.8) is 0 Å². The topological polar surface area (TPSA) is 22.1 Å². The molecule has 4 rings (SSSR count). The first-order valence-electron chi connectivity index (χ1n) is 9.07. The van der Waals surface area contributed by atoms with E-state index in [1.54, 1.807) is 43.6 Å². The highest BCUT2D eigenvalue weighted by Gasteiger charge is 2.05. The summed E-state index contributed by atoms with van der Waals surface area (Å²) in [4.78, 5) is 4.36. The van der Waals surface area contributed by atoms with Crippen LogP contribution in [0.2, 0.25) is 0 Å². The second kappa shape index (κ2) is 8.22. The monoisotopic (exact) mass is 385 g/mol. The Bertz CT molecular complexity index is 1240. The fourth-order valence-corrected chi connectivity index (χ4v) is 3.06. The maximum Gasteiger partial charge on any atom is 0.139 e. The number of fused-ring (bicyclic) bond motifs is 1. The van der Waals surface area contributed by atoms with E-state index in [4.69, 9.17) is 4.74 Å². The maximum absolute atomic E-state index is 14.5. The Morgan fingerprint density at radius 3 is 2.45 bits per heavy atom. The number of nitrogens with zero attached hydrogens (tertiary/aromatic N) is 1. The summed E-state index contributed by atoms with van der Waals surface area (Å²) in [7, 11) is 1.63. The van der Waals surface area contributed by atoms with Gasteiger partial charge in [-0.1, -0.05) is 36.1 Å². The number of aromatic nitrogens is 1. The van der Waals surface area contributed by atoms with Crippen molar-refractivity contribution in [1.82, 2.24) is 4.98 Å². The number of rotatable bonds is 3. The van der Waals surface area contributed by atoms with Crippen LogP contribution < -0.4 is 0 Å². The minimum Gasteiger partial charge on any atom is -0.380 e. The average Bonchev–Trinajstić information content (AvgIpc) is 2.73. The highest BCUT2D eigenvalue weighted by atomic mass is 19.1. The van der Waals surface area contributed by atoms with Gasteiger partial charge in [-0.15, -0.1) is 0 Å². The van der Waals surface area contributed by atoms with Gasteiger partial charge in [-0.25, -0.2) is 8.78 Å². The Labute approximate surface area is 167 Å². The molecule has 4 heteroatoms. The van der Waals surface area contributed by atoms with Crippen LogP contribution in [0.15, 0.2) is 72.9 Å². The second-order valence-corrected chi connectivity index (χ2v) is 6.64. The Kier molecular flexibility index (Phi) is 5.33. The van der Waals surface area contributed by atoms with E-state index in [1.807, 2.05) is 18.2 Å². The Morgan fingerprint density at radius 1 is 0.862 bits per heavy atom. The molecule has 0 bridgehead atoms. The zero-order valence-electron chi connectivity index (χ0n) is 15.7. The molecule has 0 N–H and O–H groups in total. The Hall–Kier alpha value is -3.55. The molecule has 142 valence electrons. The van der Waals surface area contributed by atoms with Gasteiger partial charge >= 0.3 is 0 Å². The molecule has 0 saturated heterocycles. The van der Waals surface area contributed by atoms with Gasteiger partial charge in [0.25, 0.3) is 0 Å². The van der Waals surface area contributed by atoms with Gasteiger partial charge in [-0.2, -0.15) is 0 Å². The zero-order valence-corrected chi connectivity index (χ0v) is 15.7. The van der Waals surface area contributed by atoms with E-state index in [0.717, 1.165) is 21.9 Å². The summed E-state index contributed by atoms with van der Waals surface area (Å²) in [5.74, 6) is 5.17. The maximum atomic E-state index is 14.5. The molecule has 0 unspecified atom stereocenters. The number of halogens is 2. The third-order valence-electron chi connectivity index (χ3n) is 4.54. The van der Waals surface area contributed by atoms with Crippen molar-refractivity contribution in [3.8, 4) is 23.1 Å². The normalized spacial score (nSPS) is 10.6. The van der Waals surface area contributed by atoms with Crippen LogP contribution in [0.25, 0.3) is 22.0 Å². The quantitative estimate of drug-likeness (QED) is 0.421. The molecule has 0 aliphatic rings. The molecule has 0 radical (unpaired) electrons. The molecular formula is C25H17F2NO. The highest BCUT2D eigenvalue weighted by molar-refractivity contribution is 5.84. The van der Waals surface area contributed by atoms with E-state index in [1.165, 1.54) is 18.2 Å². The highest BCUT2D eigenvalue weighted by Crippen LogP contribution is 2.21. The minimum atomic E-state index is -0.402. The molecule has 29 heavy (non-hydrogen) atoms. The standard InChI is InChI=1S/C25H17F2NO/c1-29-16-18-4-11-25(28-15-18)22-8-7-19(24(27)14-22)5-2-17-3-6-21-13-23(26)10-9-20(21)12-17/h3-4,6-15H,16H2,1H3. The summed E-state index contributed by atoms with van der Waals surface area (Å²) >= 11 is 0. The Balaban J connectivity index is 1.58. The molecule has 0 aliphatic heterocycles.